The number of hydrogen-bond donors (Lipinski definition) is 1. The van der Waals surface area contributed by atoms with Crippen LogP contribution in [-0.2, 0) is 4.74 Å². The number of aromatic hydroxyl groups is 1. The van der Waals surface area contributed by atoms with Gasteiger partial charge in [-0.1, -0.05) is 0 Å². The first-order valence-electron chi connectivity index (χ1n) is 4.57. The van der Waals surface area contributed by atoms with E-state index in [-0.39, 0.29) is 10.3 Å². The quantitative estimate of drug-likeness (QED) is 0.498. The Morgan fingerprint density at radius 2 is 2.17 bits per heavy atom. The average molecular weight is 377 g/mol. The third-order valence-electron chi connectivity index (χ3n) is 1.64. The number of halogens is 4. The van der Waals surface area contributed by atoms with E-state index in [1.165, 1.54) is 6.92 Å². The number of pyridine rings is 1. The summed E-state index contributed by atoms with van der Waals surface area (Å²) in [4.78, 5) is 14.7. The summed E-state index contributed by atoms with van der Waals surface area (Å²) >= 11 is 1.58. The van der Waals surface area contributed by atoms with Crippen molar-refractivity contribution in [3.63, 3.8) is 0 Å². The van der Waals surface area contributed by atoms with Gasteiger partial charge in [0, 0.05) is 0 Å². The largest absolute Gasteiger partial charge is 0.574 e. The first kappa shape index (κ1) is 14.8. The van der Waals surface area contributed by atoms with E-state index in [1.807, 2.05) is 0 Å². The van der Waals surface area contributed by atoms with Crippen molar-refractivity contribution < 1.29 is 32.5 Å². The van der Waals surface area contributed by atoms with Crippen molar-refractivity contribution >= 4 is 28.6 Å². The van der Waals surface area contributed by atoms with Crippen LogP contribution < -0.4 is 4.74 Å². The molecule has 0 aliphatic heterocycles. The van der Waals surface area contributed by atoms with Gasteiger partial charge in [-0.3, -0.25) is 0 Å². The van der Waals surface area contributed by atoms with Gasteiger partial charge in [-0.15, -0.1) is 13.2 Å². The number of ether oxygens (including phenoxy) is 2. The molecule has 1 aromatic heterocycles. The lowest BCUT2D eigenvalue weighted by atomic mass is 10.2. The molecule has 0 spiro atoms. The Hall–Kier alpha value is -1.26. The second kappa shape index (κ2) is 5.59. The second-order valence-electron chi connectivity index (χ2n) is 2.91. The molecule has 0 aliphatic rings. The molecule has 0 atom stereocenters. The second-order valence-corrected chi connectivity index (χ2v) is 4.02. The third-order valence-corrected chi connectivity index (χ3v) is 2.19. The number of hydrogen-bond acceptors (Lipinski definition) is 5. The number of rotatable bonds is 3. The lowest BCUT2D eigenvalue weighted by Crippen LogP contribution is -2.19. The summed E-state index contributed by atoms with van der Waals surface area (Å²) in [6.07, 6.45) is -5.01. The van der Waals surface area contributed by atoms with E-state index in [9.17, 15) is 23.1 Å². The zero-order valence-corrected chi connectivity index (χ0v) is 11.1. The minimum Gasteiger partial charge on any atom is -0.502 e. The molecule has 1 heterocycles. The minimum absolute atomic E-state index is 0.0205. The van der Waals surface area contributed by atoms with Crippen molar-refractivity contribution in [3.8, 4) is 11.6 Å². The molecule has 1 aromatic rings. The van der Waals surface area contributed by atoms with Gasteiger partial charge in [0.25, 0.3) is 5.88 Å². The molecule has 0 aromatic carbocycles. The molecule has 0 fully saturated rings. The van der Waals surface area contributed by atoms with Crippen molar-refractivity contribution in [2.45, 2.75) is 13.3 Å². The number of aromatic nitrogens is 1. The maximum atomic E-state index is 12.0. The summed E-state index contributed by atoms with van der Waals surface area (Å²) in [6.45, 7) is 1.54. The fourth-order valence-corrected chi connectivity index (χ4v) is 1.56. The number of esters is 1. The summed E-state index contributed by atoms with van der Waals surface area (Å²) in [5.74, 6) is -3.05. The zero-order valence-electron chi connectivity index (χ0n) is 8.92. The highest BCUT2D eigenvalue weighted by Gasteiger charge is 2.34. The van der Waals surface area contributed by atoms with Crippen molar-refractivity contribution in [2.75, 3.05) is 6.61 Å². The lowest BCUT2D eigenvalue weighted by Gasteiger charge is -2.11. The van der Waals surface area contributed by atoms with Crippen LogP contribution >= 0.6 is 22.6 Å². The molecule has 1 rings (SSSR count). The average Bonchev–Trinajstić information content (AvgIpc) is 2.21. The van der Waals surface area contributed by atoms with Gasteiger partial charge in [-0.2, -0.15) is 0 Å². The molecule has 9 heteroatoms. The van der Waals surface area contributed by atoms with Gasteiger partial charge in [0.1, 0.15) is 9.26 Å². The summed E-state index contributed by atoms with van der Waals surface area (Å²) in [6, 6.07) is 1.09. The summed E-state index contributed by atoms with van der Waals surface area (Å²) in [5.41, 5.74) is -0.435. The van der Waals surface area contributed by atoms with E-state index in [2.05, 4.69) is 14.5 Å². The highest BCUT2D eigenvalue weighted by molar-refractivity contribution is 14.1. The van der Waals surface area contributed by atoms with Gasteiger partial charge < -0.3 is 14.6 Å². The van der Waals surface area contributed by atoms with Crippen molar-refractivity contribution in [1.82, 2.24) is 4.98 Å². The summed E-state index contributed by atoms with van der Waals surface area (Å²) in [7, 11) is 0. The lowest BCUT2D eigenvalue weighted by molar-refractivity contribution is -0.276. The molecule has 0 unspecified atom stereocenters. The SMILES string of the molecule is CCOC(=O)c1cc(I)nc(OC(F)(F)F)c1O. The van der Waals surface area contributed by atoms with E-state index in [0.29, 0.717) is 0 Å². The Labute approximate surface area is 113 Å². The summed E-state index contributed by atoms with van der Waals surface area (Å²) < 4.78 is 44.3. The molecule has 0 bridgehead atoms. The molecule has 0 radical (unpaired) electrons. The zero-order chi connectivity index (χ0) is 13.9. The molecular formula is C9H7F3INO4. The highest BCUT2D eigenvalue weighted by atomic mass is 127. The van der Waals surface area contributed by atoms with Crippen LogP contribution in [-0.4, -0.2) is 29.0 Å². The van der Waals surface area contributed by atoms with E-state index in [0.717, 1.165) is 6.07 Å². The van der Waals surface area contributed by atoms with Gasteiger partial charge in [0.15, 0.2) is 5.75 Å². The highest BCUT2D eigenvalue weighted by Crippen LogP contribution is 2.33. The number of carbonyl (C=O) groups excluding carboxylic acids is 1. The predicted molar refractivity (Wildman–Crippen MR) is 61.3 cm³/mol. The van der Waals surface area contributed by atoms with Crippen LogP contribution in [0.25, 0.3) is 0 Å². The first-order chi connectivity index (χ1) is 8.24. The van der Waals surface area contributed by atoms with Gasteiger partial charge in [0.05, 0.1) is 6.61 Å². The first-order valence-corrected chi connectivity index (χ1v) is 5.65. The maximum absolute atomic E-state index is 12.0. The van der Waals surface area contributed by atoms with Crippen LogP contribution in [0.2, 0.25) is 0 Å². The molecule has 18 heavy (non-hydrogen) atoms. The van der Waals surface area contributed by atoms with Crippen LogP contribution in [0.1, 0.15) is 17.3 Å². The molecule has 0 saturated heterocycles. The molecule has 0 aliphatic carbocycles. The third kappa shape index (κ3) is 3.89. The normalized spacial score (nSPS) is 11.2. The minimum atomic E-state index is -5.01. The Balaban J connectivity index is 3.18. The van der Waals surface area contributed by atoms with Crippen LogP contribution in [0, 0.1) is 3.70 Å². The molecule has 100 valence electrons. The van der Waals surface area contributed by atoms with Crippen molar-refractivity contribution in [2.24, 2.45) is 0 Å². The topological polar surface area (TPSA) is 68.7 Å². The Bertz CT molecular complexity index is 464. The van der Waals surface area contributed by atoms with Crippen LogP contribution in [0.4, 0.5) is 13.2 Å². The van der Waals surface area contributed by atoms with E-state index in [4.69, 9.17) is 0 Å². The molecule has 0 amide bonds. The fourth-order valence-electron chi connectivity index (χ4n) is 1.03. The van der Waals surface area contributed by atoms with E-state index >= 15 is 0 Å². The summed E-state index contributed by atoms with van der Waals surface area (Å²) in [5, 5.41) is 9.48. The Kier molecular flexibility index (Phi) is 4.59. The van der Waals surface area contributed by atoms with E-state index in [1.54, 1.807) is 22.6 Å². The number of nitrogens with zero attached hydrogens (tertiary/aromatic N) is 1. The van der Waals surface area contributed by atoms with E-state index < -0.39 is 29.5 Å². The molecule has 0 saturated carbocycles. The molecule has 1 N–H and O–H groups in total. The van der Waals surface area contributed by atoms with Gasteiger partial charge >= 0.3 is 12.3 Å². The molecule has 5 nitrogen and oxygen atoms in total. The van der Waals surface area contributed by atoms with Gasteiger partial charge in [-0.25, -0.2) is 9.78 Å². The smallest absolute Gasteiger partial charge is 0.502 e. The maximum Gasteiger partial charge on any atom is 0.574 e. The number of alkyl halides is 3. The number of carbonyl (C=O) groups is 1. The van der Waals surface area contributed by atoms with Crippen LogP contribution in [0.3, 0.4) is 0 Å². The fraction of sp³-hybridized carbons (Fsp3) is 0.333. The van der Waals surface area contributed by atoms with Crippen molar-refractivity contribution in [3.05, 3.63) is 15.3 Å². The van der Waals surface area contributed by atoms with Gasteiger partial charge in [-0.05, 0) is 35.6 Å². The predicted octanol–water partition coefficient (Wildman–Crippen LogP) is 2.47. The Morgan fingerprint density at radius 3 is 2.67 bits per heavy atom. The van der Waals surface area contributed by atoms with Crippen LogP contribution in [0.15, 0.2) is 6.07 Å². The van der Waals surface area contributed by atoms with Crippen molar-refractivity contribution in [1.29, 1.82) is 0 Å². The standard InChI is InChI=1S/C9H7F3INO4/c1-2-17-8(16)4-3-5(13)14-7(6(4)15)18-9(10,11)12/h3,15H,2H2,1H3. The Morgan fingerprint density at radius 1 is 1.56 bits per heavy atom. The van der Waals surface area contributed by atoms with Gasteiger partial charge in [0.2, 0.25) is 0 Å². The molecular weight excluding hydrogens is 370 g/mol. The monoisotopic (exact) mass is 377 g/mol. The van der Waals surface area contributed by atoms with Crippen LogP contribution in [0.5, 0.6) is 11.6 Å².